The molecule has 1 aromatic carbocycles. The summed E-state index contributed by atoms with van der Waals surface area (Å²) in [5, 5.41) is 0. The molecule has 3 atom stereocenters. The van der Waals surface area contributed by atoms with Gasteiger partial charge in [-0.3, -0.25) is 9.59 Å². The second kappa shape index (κ2) is 7.46. The summed E-state index contributed by atoms with van der Waals surface area (Å²) in [6, 6.07) is 7.55. The Morgan fingerprint density at radius 3 is 2.52 bits per heavy atom. The third-order valence-corrected chi connectivity index (χ3v) is 5.11. The number of likely N-dealkylation sites (tertiary alicyclic amines) is 1. The van der Waals surface area contributed by atoms with E-state index in [1.807, 2.05) is 36.1 Å². The first kappa shape index (κ1) is 17.8. The lowest BCUT2D eigenvalue weighted by atomic mass is 9.91. The van der Waals surface area contributed by atoms with Gasteiger partial charge in [0.1, 0.15) is 5.75 Å². The molecular formula is C20H28N2O3. The van der Waals surface area contributed by atoms with Crippen molar-refractivity contribution in [2.24, 2.45) is 17.8 Å². The fourth-order valence-corrected chi connectivity index (χ4v) is 4.16. The molecule has 25 heavy (non-hydrogen) atoms. The molecule has 2 aliphatic heterocycles. The summed E-state index contributed by atoms with van der Waals surface area (Å²) in [5.41, 5.74) is 0.769. The molecule has 5 nitrogen and oxygen atoms in total. The summed E-state index contributed by atoms with van der Waals surface area (Å²) < 4.78 is 5.65. The van der Waals surface area contributed by atoms with Gasteiger partial charge in [-0.1, -0.05) is 26.0 Å². The molecule has 0 aliphatic carbocycles. The Morgan fingerprint density at radius 1 is 1.16 bits per heavy atom. The molecule has 2 heterocycles. The van der Waals surface area contributed by atoms with Crippen molar-refractivity contribution in [3.05, 3.63) is 24.3 Å². The second-order valence-electron chi connectivity index (χ2n) is 7.50. The number of nitrogens with zero attached hydrogens (tertiary/aromatic N) is 2. The summed E-state index contributed by atoms with van der Waals surface area (Å²) in [4.78, 5) is 29.2. The van der Waals surface area contributed by atoms with Crippen molar-refractivity contribution in [3.8, 4) is 5.75 Å². The lowest BCUT2D eigenvalue weighted by Crippen LogP contribution is -2.45. The van der Waals surface area contributed by atoms with E-state index in [0.717, 1.165) is 18.8 Å². The Labute approximate surface area is 149 Å². The lowest BCUT2D eigenvalue weighted by Gasteiger charge is -2.36. The van der Waals surface area contributed by atoms with Gasteiger partial charge in [-0.15, -0.1) is 0 Å². The normalized spacial score (nSPS) is 26.8. The number of ether oxygens (including phenoxy) is 1. The van der Waals surface area contributed by atoms with Crippen LogP contribution in [0, 0.1) is 17.8 Å². The Balaban J connectivity index is 1.73. The monoisotopic (exact) mass is 344 g/mol. The van der Waals surface area contributed by atoms with Gasteiger partial charge in [0, 0.05) is 26.1 Å². The zero-order valence-corrected chi connectivity index (χ0v) is 15.4. The van der Waals surface area contributed by atoms with Crippen LogP contribution in [-0.2, 0) is 9.59 Å². The molecule has 2 fully saturated rings. The first-order valence-corrected chi connectivity index (χ1v) is 9.30. The number of carbonyl (C=O) groups excluding carboxylic acids is 2. The first-order valence-electron chi connectivity index (χ1n) is 9.30. The Bertz CT molecular complexity index is 636. The summed E-state index contributed by atoms with van der Waals surface area (Å²) in [5.74, 6) is 1.64. The van der Waals surface area contributed by atoms with Crippen molar-refractivity contribution < 1.29 is 14.3 Å². The van der Waals surface area contributed by atoms with Crippen LogP contribution < -0.4 is 9.64 Å². The highest BCUT2D eigenvalue weighted by Gasteiger charge is 2.39. The number of benzene rings is 1. The van der Waals surface area contributed by atoms with E-state index in [9.17, 15) is 9.59 Å². The van der Waals surface area contributed by atoms with Gasteiger partial charge in [0.15, 0.2) is 0 Å². The van der Waals surface area contributed by atoms with E-state index >= 15 is 0 Å². The van der Waals surface area contributed by atoms with Gasteiger partial charge in [-0.2, -0.15) is 0 Å². The van der Waals surface area contributed by atoms with Crippen LogP contribution in [0.15, 0.2) is 24.3 Å². The number of piperidine rings is 1. The van der Waals surface area contributed by atoms with Gasteiger partial charge < -0.3 is 14.5 Å². The summed E-state index contributed by atoms with van der Waals surface area (Å²) >= 11 is 0. The molecule has 2 amide bonds. The Kier molecular flexibility index (Phi) is 5.30. The average Bonchev–Trinajstić information content (AvgIpc) is 2.96. The average molecular weight is 344 g/mol. The van der Waals surface area contributed by atoms with Crippen molar-refractivity contribution >= 4 is 17.5 Å². The Hall–Kier alpha value is -2.04. The van der Waals surface area contributed by atoms with Gasteiger partial charge in [-0.25, -0.2) is 0 Å². The van der Waals surface area contributed by atoms with E-state index in [1.165, 1.54) is 6.42 Å². The van der Waals surface area contributed by atoms with Crippen LogP contribution in [0.2, 0.25) is 0 Å². The summed E-state index contributed by atoms with van der Waals surface area (Å²) in [7, 11) is 0. The van der Waals surface area contributed by atoms with Crippen LogP contribution in [0.1, 0.15) is 33.6 Å². The lowest BCUT2D eigenvalue weighted by molar-refractivity contribution is -0.138. The van der Waals surface area contributed by atoms with E-state index in [4.69, 9.17) is 4.74 Å². The van der Waals surface area contributed by atoms with Gasteiger partial charge in [-0.05, 0) is 37.3 Å². The molecule has 3 unspecified atom stereocenters. The van der Waals surface area contributed by atoms with Crippen molar-refractivity contribution in [1.29, 1.82) is 0 Å². The third-order valence-electron chi connectivity index (χ3n) is 5.11. The van der Waals surface area contributed by atoms with E-state index in [0.29, 0.717) is 37.2 Å². The molecule has 0 N–H and O–H groups in total. The summed E-state index contributed by atoms with van der Waals surface area (Å²) in [6.07, 6.45) is 1.46. The predicted octanol–water partition coefficient (Wildman–Crippen LogP) is 2.94. The van der Waals surface area contributed by atoms with Crippen LogP contribution >= 0.6 is 0 Å². The van der Waals surface area contributed by atoms with Crippen LogP contribution in [0.4, 0.5) is 5.69 Å². The predicted molar refractivity (Wildman–Crippen MR) is 97.6 cm³/mol. The van der Waals surface area contributed by atoms with Crippen LogP contribution in [0.3, 0.4) is 0 Å². The van der Waals surface area contributed by atoms with E-state index in [1.54, 1.807) is 4.90 Å². The largest absolute Gasteiger partial charge is 0.492 e. The highest BCUT2D eigenvalue weighted by atomic mass is 16.5. The maximum absolute atomic E-state index is 12.9. The molecule has 0 spiro atoms. The van der Waals surface area contributed by atoms with Crippen molar-refractivity contribution in [2.75, 3.05) is 31.1 Å². The van der Waals surface area contributed by atoms with E-state index in [-0.39, 0.29) is 17.7 Å². The fourth-order valence-electron chi connectivity index (χ4n) is 4.16. The van der Waals surface area contributed by atoms with Crippen molar-refractivity contribution in [2.45, 2.75) is 33.6 Å². The molecule has 5 heteroatoms. The minimum Gasteiger partial charge on any atom is -0.492 e. The maximum atomic E-state index is 12.9. The second-order valence-corrected chi connectivity index (χ2v) is 7.50. The zero-order chi connectivity index (χ0) is 18.0. The molecular weight excluding hydrogens is 316 g/mol. The quantitative estimate of drug-likeness (QED) is 0.844. The van der Waals surface area contributed by atoms with Gasteiger partial charge in [0.05, 0.1) is 18.2 Å². The standard InChI is InChI=1S/C20H28N2O3/c1-4-25-18-8-6-5-7-17(18)22-13-16(10-19(22)23)20(24)21-11-14(2)9-15(3)12-21/h5-8,14-16H,4,9-13H2,1-3H3. The first-order chi connectivity index (χ1) is 12.0. The number of carbonyl (C=O) groups is 2. The molecule has 0 aromatic heterocycles. The zero-order valence-electron chi connectivity index (χ0n) is 15.4. The molecule has 0 saturated carbocycles. The molecule has 3 rings (SSSR count). The number of amides is 2. The minimum absolute atomic E-state index is 0.00334. The minimum atomic E-state index is -0.250. The van der Waals surface area contributed by atoms with Crippen molar-refractivity contribution in [1.82, 2.24) is 4.90 Å². The molecule has 0 bridgehead atoms. The van der Waals surface area contributed by atoms with Crippen LogP contribution in [-0.4, -0.2) is 43.0 Å². The van der Waals surface area contributed by atoms with Crippen molar-refractivity contribution in [3.63, 3.8) is 0 Å². The molecule has 136 valence electrons. The van der Waals surface area contributed by atoms with Gasteiger partial charge in [0.2, 0.25) is 11.8 Å². The topological polar surface area (TPSA) is 49.9 Å². The molecule has 2 aliphatic rings. The molecule has 0 radical (unpaired) electrons. The number of rotatable bonds is 4. The number of anilines is 1. The number of hydrogen-bond donors (Lipinski definition) is 0. The SMILES string of the molecule is CCOc1ccccc1N1CC(C(=O)N2CC(C)CC(C)C2)CC1=O. The van der Waals surface area contributed by atoms with E-state index in [2.05, 4.69) is 13.8 Å². The fraction of sp³-hybridized carbons (Fsp3) is 0.600. The molecule has 1 aromatic rings. The molecule has 2 saturated heterocycles. The number of hydrogen-bond acceptors (Lipinski definition) is 3. The maximum Gasteiger partial charge on any atom is 0.228 e. The van der Waals surface area contributed by atoms with Crippen LogP contribution in [0.5, 0.6) is 5.75 Å². The number of para-hydroxylation sites is 2. The van der Waals surface area contributed by atoms with Crippen LogP contribution in [0.25, 0.3) is 0 Å². The Morgan fingerprint density at radius 2 is 1.84 bits per heavy atom. The summed E-state index contributed by atoms with van der Waals surface area (Å²) in [6.45, 7) is 8.92. The third kappa shape index (κ3) is 3.80. The van der Waals surface area contributed by atoms with E-state index < -0.39 is 0 Å². The highest BCUT2D eigenvalue weighted by Crippen LogP contribution is 2.34. The highest BCUT2D eigenvalue weighted by molar-refractivity contribution is 6.01. The van der Waals surface area contributed by atoms with Gasteiger partial charge >= 0.3 is 0 Å². The van der Waals surface area contributed by atoms with Gasteiger partial charge in [0.25, 0.3) is 0 Å². The smallest absolute Gasteiger partial charge is 0.228 e.